The van der Waals surface area contributed by atoms with Crippen molar-refractivity contribution in [3.8, 4) is 0 Å². The van der Waals surface area contributed by atoms with Crippen molar-refractivity contribution in [3.05, 3.63) is 0 Å². The molecule has 0 saturated heterocycles. The van der Waals surface area contributed by atoms with E-state index in [1.54, 1.807) is 6.92 Å². The van der Waals surface area contributed by atoms with Crippen molar-refractivity contribution < 1.29 is 21.2 Å². The zero-order valence-corrected chi connectivity index (χ0v) is 5.65. The predicted molar refractivity (Wildman–Crippen MR) is 27.6 cm³/mol. The van der Waals surface area contributed by atoms with Gasteiger partial charge in [0, 0.05) is 6.61 Å². The van der Waals surface area contributed by atoms with Crippen molar-refractivity contribution in [2.75, 3.05) is 13.4 Å². The van der Waals surface area contributed by atoms with Crippen LogP contribution in [0.25, 0.3) is 0 Å². The normalized spacial score (nSPS) is 11.8. The summed E-state index contributed by atoms with van der Waals surface area (Å²) in [5, 5.41) is 0. The van der Waals surface area contributed by atoms with Crippen LogP contribution in [-0.4, -0.2) is 21.8 Å². The predicted octanol–water partition coefficient (Wildman–Crippen LogP) is 0.211. The molecule has 0 unspecified atom stereocenters. The third-order valence-corrected chi connectivity index (χ3v) is 0.854. The Morgan fingerprint density at radius 3 is 2.44 bits per heavy atom. The number of hydrogen-bond donors (Lipinski definition) is 0. The number of hydrogen-bond acceptors (Lipinski definition) is 4. The van der Waals surface area contributed by atoms with Crippen LogP contribution in [0.1, 0.15) is 6.92 Å². The maximum atomic E-state index is 11.4. The zero-order valence-electron chi connectivity index (χ0n) is 4.83. The van der Waals surface area contributed by atoms with Gasteiger partial charge in [0.2, 0.25) is 0 Å². The third kappa shape index (κ3) is 7.80. The van der Waals surface area contributed by atoms with Gasteiger partial charge in [-0.2, -0.15) is 8.42 Å². The topological polar surface area (TPSA) is 52.6 Å². The highest BCUT2D eigenvalue weighted by Gasteiger charge is 2.04. The molecule has 0 saturated carbocycles. The van der Waals surface area contributed by atoms with Crippen LogP contribution in [0.5, 0.6) is 0 Å². The summed E-state index contributed by atoms with van der Waals surface area (Å²) in [5.74, 6) is 0. The Morgan fingerprint density at radius 2 is 2.11 bits per heavy atom. The monoisotopic (exact) mass is 158 g/mol. The summed E-state index contributed by atoms with van der Waals surface area (Å²) in [7, 11) is -4.82. The highest BCUT2D eigenvalue weighted by molar-refractivity contribution is 7.81. The molecule has 4 nitrogen and oxygen atoms in total. The van der Waals surface area contributed by atoms with Crippen LogP contribution in [0.4, 0.5) is 3.89 Å². The molecule has 0 heterocycles. The van der Waals surface area contributed by atoms with Gasteiger partial charge >= 0.3 is 10.5 Å². The molecule has 0 aliphatic carbocycles. The van der Waals surface area contributed by atoms with E-state index in [9.17, 15) is 12.3 Å². The fourth-order valence-electron chi connectivity index (χ4n) is 0.175. The van der Waals surface area contributed by atoms with Gasteiger partial charge in [0.15, 0.2) is 6.79 Å². The Labute approximate surface area is 53.0 Å². The van der Waals surface area contributed by atoms with E-state index in [-0.39, 0.29) is 6.61 Å². The molecule has 0 radical (unpaired) electrons. The van der Waals surface area contributed by atoms with Crippen LogP contribution in [0.2, 0.25) is 0 Å². The molecule has 56 valence electrons. The van der Waals surface area contributed by atoms with Crippen molar-refractivity contribution in [1.29, 1.82) is 0 Å². The van der Waals surface area contributed by atoms with Gasteiger partial charge in [-0.3, -0.25) is 0 Å². The minimum Gasteiger partial charge on any atom is -0.354 e. The first-order valence-corrected chi connectivity index (χ1v) is 3.54. The smallest absolute Gasteiger partial charge is 0.354 e. The quantitative estimate of drug-likeness (QED) is 0.333. The van der Waals surface area contributed by atoms with Gasteiger partial charge in [0.25, 0.3) is 0 Å². The molecule has 0 aromatic heterocycles. The van der Waals surface area contributed by atoms with Gasteiger partial charge < -0.3 is 4.74 Å². The van der Waals surface area contributed by atoms with Crippen LogP contribution in [0.15, 0.2) is 0 Å². The Morgan fingerprint density at radius 1 is 1.56 bits per heavy atom. The fraction of sp³-hybridized carbons (Fsp3) is 1.00. The highest BCUT2D eigenvalue weighted by Crippen LogP contribution is 1.92. The minimum absolute atomic E-state index is 0.287. The van der Waals surface area contributed by atoms with E-state index in [0.29, 0.717) is 0 Å². The third-order valence-electron chi connectivity index (χ3n) is 0.476. The van der Waals surface area contributed by atoms with E-state index in [4.69, 9.17) is 0 Å². The molecule has 0 rings (SSSR count). The lowest BCUT2D eigenvalue weighted by molar-refractivity contribution is 0.0229. The van der Waals surface area contributed by atoms with Crippen LogP contribution in [-0.2, 0) is 19.4 Å². The van der Waals surface area contributed by atoms with Crippen molar-refractivity contribution in [2.45, 2.75) is 6.92 Å². The van der Waals surface area contributed by atoms with E-state index in [2.05, 4.69) is 8.92 Å². The van der Waals surface area contributed by atoms with Gasteiger partial charge in [-0.05, 0) is 6.92 Å². The molecule has 0 aromatic carbocycles. The second kappa shape index (κ2) is 3.76. The summed E-state index contributed by atoms with van der Waals surface area (Å²) in [6.45, 7) is 1.36. The maximum Gasteiger partial charge on any atom is 0.439 e. The largest absolute Gasteiger partial charge is 0.439 e. The van der Waals surface area contributed by atoms with E-state index in [0.717, 1.165) is 0 Å². The highest BCUT2D eigenvalue weighted by atomic mass is 32.3. The van der Waals surface area contributed by atoms with E-state index in [1.165, 1.54) is 0 Å². The molecule has 0 fully saturated rings. The lowest BCUT2D eigenvalue weighted by Crippen LogP contribution is -2.03. The summed E-state index contributed by atoms with van der Waals surface area (Å²) >= 11 is 0. The van der Waals surface area contributed by atoms with E-state index >= 15 is 0 Å². The second-order valence-corrected chi connectivity index (χ2v) is 2.14. The van der Waals surface area contributed by atoms with E-state index < -0.39 is 17.3 Å². The molecule has 0 bridgehead atoms. The first-order valence-electron chi connectivity index (χ1n) is 2.23. The van der Waals surface area contributed by atoms with Gasteiger partial charge in [-0.25, -0.2) is 4.18 Å². The van der Waals surface area contributed by atoms with Gasteiger partial charge in [0.1, 0.15) is 0 Å². The van der Waals surface area contributed by atoms with Crippen LogP contribution >= 0.6 is 0 Å². The molecule has 0 spiro atoms. The molecule has 9 heavy (non-hydrogen) atoms. The van der Waals surface area contributed by atoms with Gasteiger partial charge in [0.05, 0.1) is 0 Å². The van der Waals surface area contributed by atoms with Crippen molar-refractivity contribution >= 4 is 10.5 Å². The summed E-state index contributed by atoms with van der Waals surface area (Å²) in [5.41, 5.74) is 0. The molecular formula is C3H7FO4S. The molecule has 0 N–H and O–H groups in total. The number of halogens is 1. The molecule has 6 heteroatoms. The average molecular weight is 158 g/mol. The minimum atomic E-state index is -4.82. The molecule has 0 atom stereocenters. The Kier molecular flexibility index (Phi) is 3.67. The standard InChI is InChI=1S/C3H7FO4S/c1-2-7-3-8-9(4,5)6/h2-3H2,1H3. The number of rotatable bonds is 4. The molecular weight excluding hydrogens is 151 g/mol. The zero-order chi connectivity index (χ0) is 7.33. The molecule has 0 aliphatic heterocycles. The Balaban J connectivity index is 3.30. The fourth-order valence-corrected chi connectivity index (χ4v) is 0.358. The lowest BCUT2D eigenvalue weighted by atomic mass is 10.9. The van der Waals surface area contributed by atoms with Crippen LogP contribution in [0, 0.1) is 0 Å². The SMILES string of the molecule is CCOCOS(=O)(=O)F. The van der Waals surface area contributed by atoms with Crippen LogP contribution in [0.3, 0.4) is 0 Å². The molecule has 0 aliphatic rings. The summed E-state index contributed by atoms with van der Waals surface area (Å²) in [6, 6.07) is 0. The first kappa shape index (κ1) is 8.80. The number of ether oxygens (including phenoxy) is 1. The van der Waals surface area contributed by atoms with Crippen molar-refractivity contribution in [3.63, 3.8) is 0 Å². The maximum absolute atomic E-state index is 11.4. The summed E-state index contributed by atoms with van der Waals surface area (Å²) in [4.78, 5) is 0. The molecule has 0 aromatic rings. The first-order chi connectivity index (χ1) is 4.06. The van der Waals surface area contributed by atoms with Crippen molar-refractivity contribution in [2.24, 2.45) is 0 Å². The van der Waals surface area contributed by atoms with Gasteiger partial charge in [-0.15, -0.1) is 0 Å². The molecule has 0 amide bonds. The Bertz CT molecular complexity index is 151. The van der Waals surface area contributed by atoms with Crippen molar-refractivity contribution in [1.82, 2.24) is 0 Å². The average Bonchev–Trinajstić information content (AvgIpc) is 1.63. The van der Waals surface area contributed by atoms with Gasteiger partial charge in [-0.1, -0.05) is 3.89 Å². The summed E-state index contributed by atoms with van der Waals surface area (Å²) < 4.78 is 38.4. The Hall–Kier alpha value is -0.200. The lowest BCUT2D eigenvalue weighted by Gasteiger charge is -1.95. The second-order valence-electron chi connectivity index (χ2n) is 1.12. The summed E-state index contributed by atoms with van der Waals surface area (Å²) in [6.07, 6.45) is 0. The van der Waals surface area contributed by atoms with E-state index in [1.807, 2.05) is 0 Å². The van der Waals surface area contributed by atoms with Crippen LogP contribution < -0.4 is 0 Å².